The molecule has 0 atom stereocenters. The minimum atomic E-state index is -0.337. The van der Waals surface area contributed by atoms with Crippen LogP contribution in [0.25, 0.3) is 33.2 Å². The van der Waals surface area contributed by atoms with Crippen LogP contribution in [0, 0.1) is 30.7 Å². The average molecular weight is 912 g/mol. The van der Waals surface area contributed by atoms with Crippen LogP contribution in [0.2, 0.25) is 0 Å². The maximum atomic E-state index is 12.2. The molecule has 0 unspecified atom stereocenters. The Hall–Kier alpha value is -3.99. The molecule has 55 heavy (non-hydrogen) atoms. The number of aromatic nitrogens is 1. The van der Waals surface area contributed by atoms with E-state index in [-0.39, 0.29) is 54.7 Å². The molecule has 4 aromatic carbocycles. The third kappa shape index (κ3) is 8.57. The number of carbonyl (C=O) groups excluding carboxylic acids is 1. The Balaban J connectivity index is 0.000000320. The molecule has 291 valence electrons. The molecule has 0 spiro atoms. The molecule has 0 amide bonds. The monoisotopic (exact) mass is 912 g/mol. The molecule has 4 nitrogen and oxygen atoms in total. The Morgan fingerprint density at radius 3 is 1.98 bits per heavy atom. The second kappa shape index (κ2) is 17.4. The van der Waals surface area contributed by atoms with E-state index < -0.39 is 0 Å². The van der Waals surface area contributed by atoms with Crippen molar-refractivity contribution in [3.8, 4) is 22.4 Å². The quantitative estimate of drug-likeness (QED) is 0.0693. The van der Waals surface area contributed by atoms with E-state index in [0.29, 0.717) is 0 Å². The molecule has 0 fully saturated rings. The molecule has 1 aliphatic heterocycles. The van der Waals surface area contributed by atoms with Gasteiger partial charge in [-0.1, -0.05) is 145 Å². The number of hydrogen-bond donors (Lipinski definition) is 1. The molecular weight excluding hydrogens is 852 g/mol. The summed E-state index contributed by atoms with van der Waals surface area (Å²) < 4.78 is 0. The van der Waals surface area contributed by atoms with E-state index >= 15 is 0 Å². The van der Waals surface area contributed by atoms with E-state index in [1.54, 1.807) is 0 Å². The number of aliphatic hydroxyl groups excluding tert-OH is 1. The van der Waals surface area contributed by atoms with Crippen molar-refractivity contribution in [2.24, 2.45) is 10.8 Å². The Morgan fingerprint density at radius 2 is 1.38 bits per heavy atom. The maximum Gasteiger partial charge on any atom is 0.324 e. The van der Waals surface area contributed by atoms with Crippen LogP contribution >= 0.6 is 0 Å². The van der Waals surface area contributed by atoms with Crippen molar-refractivity contribution in [3.05, 3.63) is 120 Å². The predicted molar refractivity (Wildman–Crippen MR) is 233 cm³/mol. The van der Waals surface area contributed by atoms with Crippen LogP contribution in [-0.2, 0) is 30.3 Å². The predicted octanol–water partition coefficient (Wildman–Crippen LogP) is 11.5. The Bertz CT molecular complexity index is 2150. The van der Waals surface area contributed by atoms with E-state index in [1.807, 2.05) is 47.7 Å². The first-order valence-corrected chi connectivity index (χ1v) is 19.8. The molecule has 6 heteroatoms. The summed E-state index contributed by atoms with van der Waals surface area (Å²) in [6.07, 6.45) is 6.71. The van der Waals surface area contributed by atoms with Crippen LogP contribution in [0.4, 0.5) is 5.69 Å². The van der Waals surface area contributed by atoms with Gasteiger partial charge < -0.3 is 9.92 Å². The third-order valence-electron chi connectivity index (χ3n) is 12.5. The number of fused-ring (bicyclic) bond motifs is 4. The second-order valence-corrected chi connectivity index (χ2v) is 16.8. The molecular formula is C49H60BIrN2O2-. The molecule has 6 rings (SSSR count). The average Bonchev–Trinajstić information content (AvgIpc) is 3.17. The minimum absolute atomic E-state index is 0. The number of anilines is 1. The van der Waals surface area contributed by atoms with Crippen molar-refractivity contribution < 1.29 is 30.0 Å². The van der Waals surface area contributed by atoms with Crippen LogP contribution < -0.4 is 15.7 Å². The van der Waals surface area contributed by atoms with Gasteiger partial charge in [0.1, 0.15) is 5.76 Å². The number of allylic oxidation sites excluding steroid dienone is 2. The number of aliphatic hydroxyl groups is 1. The summed E-state index contributed by atoms with van der Waals surface area (Å²) in [7, 11) is 2.22. The van der Waals surface area contributed by atoms with Gasteiger partial charge in [-0.25, -0.2) is 0 Å². The molecule has 1 radical (unpaired) electrons. The van der Waals surface area contributed by atoms with Gasteiger partial charge in [0.25, 0.3) is 0 Å². The standard InChI is InChI=1S/C34H32BN2.C15H28O2.Ir/c1-22-12-11-13-23(2)31(22)35-30-17-10-9-16-27(30)28-18-19-36-32(33(28)37(35)6)25-20-24-14-7-8-15-26(24)29(21-25)34(3,4)5;1-7-14(5,8-2)12(16)11-13(17)15(6,9-3)10-4;/h7-19,21H,1-6H3;11,16H,7-10H2,1-6H3;/q-1;;/b;12-11-;. The summed E-state index contributed by atoms with van der Waals surface area (Å²) in [6.45, 7) is 23.5. The first-order valence-electron chi connectivity index (χ1n) is 19.8. The first-order chi connectivity index (χ1) is 25.5. The number of rotatable bonds is 9. The number of ketones is 1. The van der Waals surface area contributed by atoms with Crippen molar-refractivity contribution in [1.82, 2.24) is 4.98 Å². The fourth-order valence-corrected chi connectivity index (χ4v) is 7.81. The van der Waals surface area contributed by atoms with E-state index in [4.69, 9.17) is 4.98 Å². The van der Waals surface area contributed by atoms with E-state index in [2.05, 4.69) is 131 Å². The molecule has 1 N–H and O–H groups in total. The van der Waals surface area contributed by atoms with Crippen molar-refractivity contribution >= 4 is 40.0 Å². The van der Waals surface area contributed by atoms with Crippen molar-refractivity contribution in [3.63, 3.8) is 0 Å². The number of carbonyl (C=O) groups is 1. The van der Waals surface area contributed by atoms with Crippen molar-refractivity contribution in [2.45, 2.75) is 107 Å². The summed E-state index contributed by atoms with van der Waals surface area (Å²) in [5, 5.41) is 12.5. The van der Waals surface area contributed by atoms with Gasteiger partial charge in [0.15, 0.2) is 5.78 Å². The largest absolute Gasteiger partial charge is 0.512 e. The molecule has 1 aliphatic rings. The van der Waals surface area contributed by atoms with Crippen LogP contribution in [-0.4, -0.2) is 29.8 Å². The van der Waals surface area contributed by atoms with Gasteiger partial charge >= 0.3 is 6.85 Å². The first kappa shape index (κ1) is 43.7. The second-order valence-electron chi connectivity index (χ2n) is 16.8. The molecule has 0 saturated heterocycles. The minimum Gasteiger partial charge on any atom is -0.512 e. The molecule has 0 bridgehead atoms. The number of pyridine rings is 1. The van der Waals surface area contributed by atoms with Gasteiger partial charge in [-0.15, -0.1) is 29.1 Å². The van der Waals surface area contributed by atoms with Gasteiger partial charge in [0, 0.05) is 54.6 Å². The van der Waals surface area contributed by atoms with Gasteiger partial charge in [-0.2, -0.15) is 0 Å². The summed E-state index contributed by atoms with van der Waals surface area (Å²) in [6, 6.07) is 32.3. The van der Waals surface area contributed by atoms with Crippen molar-refractivity contribution in [1.29, 1.82) is 0 Å². The SMILES string of the molecule is CCC(C)(CC)C(=O)/C=C(\O)C(C)(CC)CC.Cc1cccc(C)c1B1c2ccccc2-c2ccnc(-c3[c-]c4ccccc4c(C(C)(C)C)c3)c2N1C.[Ir]. The third-order valence-corrected chi connectivity index (χ3v) is 12.5. The molecule has 1 aromatic heterocycles. The van der Waals surface area contributed by atoms with Gasteiger partial charge in [-0.3, -0.25) is 9.78 Å². The molecule has 5 aromatic rings. The van der Waals surface area contributed by atoms with Crippen LogP contribution in [0.3, 0.4) is 0 Å². The number of benzene rings is 4. The van der Waals surface area contributed by atoms with E-state index in [9.17, 15) is 9.90 Å². The maximum absolute atomic E-state index is 12.2. The zero-order chi connectivity index (χ0) is 39.6. The fourth-order valence-electron chi connectivity index (χ4n) is 7.81. The molecule has 0 saturated carbocycles. The summed E-state index contributed by atoms with van der Waals surface area (Å²) in [4.78, 5) is 19.6. The Morgan fingerprint density at radius 1 is 0.800 bits per heavy atom. The fraction of sp³-hybridized carbons (Fsp3) is 0.388. The number of aryl methyl sites for hydroxylation is 2. The van der Waals surface area contributed by atoms with Crippen LogP contribution in [0.1, 0.15) is 105 Å². The van der Waals surface area contributed by atoms with E-state index in [0.717, 1.165) is 42.3 Å². The smallest absolute Gasteiger partial charge is 0.324 e. The van der Waals surface area contributed by atoms with Gasteiger partial charge in [0.05, 0.1) is 0 Å². The van der Waals surface area contributed by atoms with E-state index in [1.165, 1.54) is 55.9 Å². The number of nitrogens with zero attached hydrogens (tertiary/aromatic N) is 2. The summed E-state index contributed by atoms with van der Waals surface area (Å²) in [5.74, 6) is 0.286. The molecule has 2 heterocycles. The van der Waals surface area contributed by atoms with Crippen molar-refractivity contribution in [2.75, 3.05) is 11.9 Å². The zero-order valence-corrected chi connectivity index (χ0v) is 37.5. The normalized spacial score (nSPS) is 13.1. The van der Waals surface area contributed by atoms with Gasteiger partial charge in [0.2, 0.25) is 0 Å². The topological polar surface area (TPSA) is 53.4 Å². The summed E-state index contributed by atoms with van der Waals surface area (Å²) in [5.41, 5.74) is 11.8. The Labute approximate surface area is 345 Å². The van der Waals surface area contributed by atoms with Gasteiger partial charge in [-0.05, 0) is 80.1 Å². The molecule has 0 aliphatic carbocycles. The Kier molecular flexibility index (Phi) is 13.9. The summed E-state index contributed by atoms with van der Waals surface area (Å²) >= 11 is 0. The zero-order valence-electron chi connectivity index (χ0n) is 35.1. The van der Waals surface area contributed by atoms with Crippen LogP contribution in [0.15, 0.2) is 96.9 Å². The number of hydrogen-bond acceptors (Lipinski definition) is 4. The van der Waals surface area contributed by atoms with Crippen LogP contribution in [0.5, 0.6) is 0 Å².